The molecule has 0 aliphatic rings. The Morgan fingerprint density at radius 2 is 1.79 bits per heavy atom. The molecule has 2 aromatic heterocycles. The second-order valence-electron chi connectivity index (χ2n) is 7.04. The smallest absolute Gasteiger partial charge is 0.351 e. The van der Waals surface area contributed by atoms with E-state index in [1.54, 1.807) is 31.3 Å². The summed E-state index contributed by atoms with van der Waals surface area (Å²) in [6.07, 6.45) is 0. The SMILES string of the molecule is COC(=O)c1cc2sc(NC(=O)N(C)c3ccc(OCc4ccccc4)cc3)cc2oc1=O. The fourth-order valence-electron chi connectivity index (χ4n) is 3.04. The fraction of sp³-hybridized carbons (Fsp3) is 0.125. The van der Waals surface area contributed by atoms with E-state index in [4.69, 9.17) is 9.15 Å². The number of nitrogens with one attached hydrogen (secondary N) is 1. The Bertz CT molecular complexity index is 1350. The molecule has 1 N–H and O–H groups in total. The Balaban J connectivity index is 1.42. The van der Waals surface area contributed by atoms with Gasteiger partial charge in [0.15, 0.2) is 5.58 Å². The first kappa shape index (κ1) is 22.1. The number of hydrogen-bond donors (Lipinski definition) is 1. The van der Waals surface area contributed by atoms with Crippen molar-refractivity contribution < 1.29 is 23.5 Å². The first-order valence-corrected chi connectivity index (χ1v) is 10.7. The van der Waals surface area contributed by atoms with Gasteiger partial charge in [-0.25, -0.2) is 14.4 Å². The zero-order chi connectivity index (χ0) is 23.4. The molecule has 0 aliphatic heterocycles. The molecule has 0 fully saturated rings. The summed E-state index contributed by atoms with van der Waals surface area (Å²) in [4.78, 5) is 37.8. The van der Waals surface area contributed by atoms with Gasteiger partial charge >= 0.3 is 17.6 Å². The van der Waals surface area contributed by atoms with Crippen molar-refractivity contribution in [2.75, 3.05) is 24.4 Å². The van der Waals surface area contributed by atoms with Crippen LogP contribution in [0.3, 0.4) is 0 Å². The summed E-state index contributed by atoms with van der Waals surface area (Å²) in [6.45, 7) is 0.455. The van der Waals surface area contributed by atoms with E-state index >= 15 is 0 Å². The highest BCUT2D eigenvalue weighted by atomic mass is 32.1. The predicted molar refractivity (Wildman–Crippen MR) is 126 cm³/mol. The van der Waals surface area contributed by atoms with Gasteiger partial charge < -0.3 is 13.9 Å². The number of anilines is 2. The number of fused-ring (bicyclic) bond motifs is 1. The van der Waals surface area contributed by atoms with E-state index in [0.717, 1.165) is 5.56 Å². The molecular weight excluding hydrogens is 444 g/mol. The van der Waals surface area contributed by atoms with E-state index < -0.39 is 11.6 Å². The van der Waals surface area contributed by atoms with Crippen molar-refractivity contribution in [3.8, 4) is 5.75 Å². The Kier molecular flexibility index (Phi) is 6.41. The summed E-state index contributed by atoms with van der Waals surface area (Å²) in [7, 11) is 2.82. The number of carbonyl (C=O) groups is 2. The Labute approximate surface area is 193 Å². The summed E-state index contributed by atoms with van der Waals surface area (Å²) in [6, 6.07) is 19.6. The van der Waals surface area contributed by atoms with Crippen LogP contribution in [0.5, 0.6) is 5.75 Å². The molecule has 2 heterocycles. The number of methoxy groups -OCH3 is 1. The zero-order valence-electron chi connectivity index (χ0n) is 17.9. The number of rotatable bonds is 6. The topological polar surface area (TPSA) is 98.1 Å². The normalized spacial score (nSPS) is 10.6. The van der Waals surface area contributed by atoms with Gasteiger partial charge in [-0.05, 0) is 35.9 Å². The van der Waals surface area contributed by atoms with Gasteiger partial charge in [-0.2, -0.15) is 0 Å². The van der Waals surface area contributed by atoms with Crippen LogP contribution in [0.15, 0.2) is 75.9 Å². The number of ether oxygens (including phenoxy) is 2. The van der Waals surface area contributed by atoms with Crippen molar-refractivity contribution in [1.29, 1.82) is 0 Å². The van der Waals surface area contributed by atoms with Gasteiger partial charge in [-0.3, -0.25) is 10.2 Å². The molecule has 9 heteroatoms. The number of hydrogen-bond acceptors (Lipinski definition) is 7. The fourth-order valence-corrected chi connectivity index (χ4v) is 3.96. The van der Waals surface area contributed by atoms with Gasteiger partial charge in [-0.1, -0.05) is 30.3 Å². The number of carbonyl (C=O) groups excluding carboxylic acids is 2. The highest BCUT2D eigenvalue weighted by molar-refractivity contribution is 7.22. The lowest BCUT2D eigenvalue weighted by Crippen LogP contribution is -2.30. The number of nitrogens with zero attached hydrogens (tertiary/aromatic N) is 1. The zero-order valence-corrected chi connectivity index (χ0v) is 18.7. The summed E-state index contributed by atoms with van der Waals surface area (Å²) in [5, 5.41) is 3.24. The molecule has 168 valence electrons. The van der Waals surface area contributed by atoms with Crippen molar-refractivity contribution >= 4 is 44.3 Å². The van der Waals surface area contributed by atoms with E-state index in [-0.39, 0.29) is 17.2 Å². The van der Waals surface area contributed by atoms with E-state index in [0.29, 0.717) is 27.7 Å². The van der Waals surface area contributed by atoms with Crippen molar-refractivity contribution in [3.05, 3.63) is 88.3 Å². The molecule has 0 saturated carbocycles. The number of esters is 1. The quantitative estimate of drug-likeness (QED) is 0.408. The molecule has 33 heavy (non-hydrogen) atoms. The highest BCUT2D eigenvalue weighted by Gasteiger charge is 2.17. The van der Waals surface area contributed by atoms with Crippen molar-refractivity contribution in [2.45, 2.75) is 6.61 Å². The van der Waals surface area contributed by atoms with Gasteiger partial charge in [0, 0.05) is 18.8 Å². The van der Waals surface area contributed by atoms with Crippen LogP contribution in [-0.4, -0.2) is 26.2 Å². The molecule has 0 unspecified atom stereocenters. The van der Waals surface area contributed by atoms with Crippen molar-refractivity contribution in [3.63, 3.8) is 0 Å². The Hall–Kier alpha value is -4.11. The van der Waals surface area contributed by atoms with Gasteiger partial charge in [-0.15, -0.1) is 11.3 Å². The monoisotopic (exact) mass is 464 g/mol. The lowest BCUT2D eigenvalue weighted by Gasteiger charge is -2.18. The molecule has 0 aliphatic carbocycles. The average molecular weight is 464 g/mol. The Morgan fingerprint density at radius 3 is 2.48 bits per heavy atom. The number of benzene rings is 2. The van der Waals surface area contributed by atoms with Crippen LogP contribution in [0.25, 0.3) is 10.3 Å². The van der Waals surface area contributed by atoms with Crippen molar-refractivity contribution in [2.24, 2.45) is 0 Å². The predicted octanol–water partition coefficient (Wildman–Crippen LogP) is 4.89. The van der Waals surface area contributed by atoms with Gasteiger partial charge in [0.05, 0.1) is 11.8 Å². The number of urea groups is 1. The summed E-state index contributed by atoms with van der Waals surface area (Å²) < 4.78 is 16.1. The largest absolute Gasteiger partial charge is 0.489 e. The minimum absolute atomic E-state index is 0.198. The molecule has 0 bridgehead atoms. The number of thiophene rings is 1. The van der Waals surface area contributed by atoms with Crippen LogP contribution in [0.4, 0.5) is 15.5 Å². The van der Waals surface area contributed by atoms with Crippen LogP contribution >= 0.6 is 11.3 Å². The first-order chi connectivity index (χ1) is 15.9. The molecule has 2 aromatic carbocycles. The van der Waals surface area contributed by atoms with Gasteiger partial charge in [0.25, 0.3) is 0 Å². The van der Waals surface area contributed by atoms with E-state index in [1.165, 1.54) is 35.5 Å². The third kappa shape index (κ3) is 5.04. The second-order valence-corrected chi connectivity index (χ2v) is 8.12. The third-order valence-corrected chi connectivity index (χ3v) is 5.81. The summed E-state index contributed by atoms with van der Waals surface area (Å²) in [5.41, 5.74) is 1.01. The molecule has 2 amide bonds. The third-order valence-electron chi connectivity index (χ3n) is 4.84. The minimum Gasteiger partial charge on any atom is -0.489 e. The molecule has 0 radical (unpaired) electrons. The highest BCUT2D eigenvalue weighted by Crippen LogP contribution is 2.30. The van der Waals surface area contributed by atoms with Crippen LogP contribution in [0.1, 0.15) is 15.9 Å². The van der Waals surface area contributed by atoms with Gasteiger partial charge in [0.1, 0.15) is 22.9 Å². The Morgan fingerprint density at radius 1 is 1.06 bits per heavy atom. The van der Waals surface area contributed by atoms with E-state index in [9.17, 15) is 14.4 Å². The summed E-state index contributed by atoms with van der Waals surface area (Å²) in [5.74, 6) is -0.0853. The molecule has 0 atom stereocenters. The van der Waals surface area contributed by atoms with Crippen LogP contribution in [0.2, 0.25) is 0 Å². The minimum atomic E-state index is -0.795. The lowest BCUT2D eigenvalue weighted by molar-refractivity contribution is 0.0596. The van der Waals surface area contributed by atoms with Crippen LogP contribution < -0.4 is 20.6 Å². The maximum absolute atomic E-state index is 12.7. The van der Waals surface area contributed by atoms with Crippen LogP contribution in [-0.2, 0) is 11.3 Å². The molecular formula is C24H20N2O6S. The van der Waals surface area contributed by atoms with Crippen molar-refractivity contribution in [1.82, 2.24) is 0 Å². The van der Waals surface area contributed by atoms with E-state index in [2.05, 4.69) is 10.1 Å². The molecule has 4 aromatic rings. The van der Waals surface area contributed by atoms with Gasteiger partial charge in [0.2, 0.25) is 0 Å². The lowest BCUT2D eigenvalue weighted by atomic mass is 10.2. The maximum Gasteiger partial charge on any atom is 0.351 e. The standard InChI is InChI=1S/C24H20N2O6S/c1-26(16-8-10-17(11-9-16)31-14-15-6-4-3-5-7-15)24(29)25-21-13-19-20(33-21)12-18(22(27)30-2)23(28)32-19/h3-13H,14H2,1-2H3,(H,25,29). The molecule has 8 nitrogen and oxygen atoms in total. The maximum atomic E-state index is 12.7. The average Bonchev–Trinajstić information content (AvgIpc) is 3.23. The molecule has 4 rings (SSSR count). The summed E-state index contributed by atoms with van der Waals surface area (Å²) >= 11 is 1.18. The molecule has 0 spiro atoms. The van der Waals surface area contributed by atoms with Crippen LogP contribution in [0, 0.1) is 0 Å². The number of amides is 2. The van der Waals surface area contributed by atoms with E-state index in [1.807, 2.05) is 30.3 Å². The molecule has 0 saturated heterocycles. The first-order valence-electron chi connectivity index (χ1n) is 9.92. The second kappa shape index (κ2) is 9.58.